The lowest BCUT2D eigenvalue weighted by Gasteiger charge is -2.43. The summed E-state index contributed by atoms with van der Waals surface area (Å²) in [4.78, 5) is 0. The van der Waals surface area contributed by atoms with Crippen LogP contribution in [0.25, 0.3) is 0 Å². The van der Waals surface area contributed by atoms with Gasteiger partial charge in [0, 0.05) is 18.4 Å². The molecule has 1 aromatic rings. The summed E-state index contributed by atoms with van der Waals surface area (Å²) in [6.07, 6.45) is 7.18. The van der Waals surface area contributed by atoms with Crippen LogP contribution in [0.3, 0.4) is 0 Å². The Morgan fingerprint density at radius 1 is 1.17 bits per heavy atom. The number of nitrogens with one attached hydrogen (secondary N) is 1. The molecule has 0 spiro atoms. The number of rotatable bonds is 7. The van der Waals surface area contributed by atoms with Gasteiger partial charge < -0.3 is 9.84 Å². The third-order valence-corrected chi connectivity index (χ3v) is 6.60. The van der Waals surface area contributed by atoms with Crippen LogP contribution in [0.4, 0.5) is 0 Å². The van der Waals surface area contributed by atoms with Gasteiger partial charge in [-0.25, -0.2) is 0 Å². The number of benzene rings is 1. The fraction of sp³-hybridized carbons (Fsp3) is 0.538. The van der Waals surface area contributed by atoms with E-state index in [1.165, 1.54) is 22.3 Å². The molecule has 158 valence electrons. The standard InChI is InChI=1S/C26H37NO2/c1-18(2)20(5)24-14-21(10-9-13-23(24)19(3)4)25(28)27-15-26(16-29-17-26)22-11-7-6-8-12-22/h6-9,11-14,19,21,23,25,27-28H,10,15-17H2,1-5H3. The second-order valence-electron chi connectivity index (χ2n) is 9.31. The van der Waals surface area contributed by atoms with Crippen molar-refractivity contribution < 1.29 is 9.84 Å². The van der Waals surface area contributed by atoms with Crippen LogP contribution in [0, 0.1) is 17.8 Å². The first kappa shape index (κ1) is 22.0. The number of ether oxygens (including phenoxy) is 1. The van der Waals surface area contributed by atoms with E-state index >= 15 is 0 Å². The summed E-state index contributed by atoms with van der Waals surface area (Å²) in [6.45, 7) is 13.2. The lowest BCUT2D eigenvalue weighted by atomic mass is 9.78. The van der Waals surface area contributed by atoms with Crippen LogP contribution in [-0.4, -0.2) is 31.1 Å². The van der Waals surface area contributed by atoms with Gasteiger partial charge in [0.1, 0.15) is 6.23 Å². The smallest absolute Gasteiger partial charge is 0.111 e. The molecule has 3 nitrogen and oxygen atoms in total. The average molecular weight is 396 g/mol. The van der Waals surface area contributed by atoms with Gasteiger partial charge in [-0.15, -0.1) is 0 Å². The summed E-state index contributed by atoms with van der Waals surface area (Å²) in [6, 6.07) is 10.5. The maximum atomic E-state index is 11.0. The van der Waals surface area contributed by atoms with Crippen molar-refractivity contribution in [3.8, 4) is 0 Å². The molecule has 0 saturated carbocycles. The van der Waals surface area contributed by atoms with Gasteiger partial charge in [-0.2, -0.15) is 0 Å². The van der Waals surface area contributed by atoms with Gasteiger partial charge in [-0.3, -0.25) is 5.32 Å². The van der Waals surface area contributed by atoms with Crippen LogP contribution in [-0.2, 0) is 10.2 Å². The molecule has 0 amide bonds. The monoisotopic (exact) mass is 395 g/mol. The van der Waals surface area contributed by atoms with E-state index in [1.54, 1.807) is 0 Å². The first-order valence-corrected chi connectivity index (χ1v) is 10.9. The van der Waals surface area contributed by atoms with Crippen molar-refractivity contribution in [1.82, 2.24) is 5.32 Å². The quantitative estimate of drug-likeness (QED) is 0.505. The second-order valence-corrected chi connectivity index (χ2v) is 9.31. The molecule has 3 atom stereocenters. The molecule has 0 radical (unpaired) electrons. The molecule has 3 unspecified atom stereocenters. The van der Waals surface area contributed by atoms with Crippen molar-refractivity contribution in [2.75, 3.05) is 19.8 Å². The van der Waals surface area contributed by atoms with Gasteiger partial charge in [0.15, 0.2) is 0 Å². The lowest BCUT2D eigenvalue weighted by Crippen LogP contribution is -2.55. The van der Waals surface area contributed by atoms with Crippen LogP contribution in [0.5, 0.6) is 0 Å². The molecular formula is C26H37NO2. The number of hydrogen-bond donors (Lipinski definition) is 2. The highest BCUT2D eigenvalue weighted by Crippen LogP contribution is 2.35. The SMILES string of the molecule is CC(C)=C(C)C1=CC(C(O)NCC2(c3ccccc3)COC2)CC=CC1C(C)C. The Kier molecular flexibility index (Phi) is 7.15. The van der Waals surface area contributed by atoms with E-state index in [1.807, 2.05) is 6.07 Å². The highest BCUT2D eigenvalue weighted by Gasteiger charge is 2.40. The minimum Gasteiger partial charge on any atom is -0.379 e. The molecule has 0 bridgehead atoms. The summed E-state index contributed by atoms with van der Waals surface area (Å²) in [5.74, 6) is 0.995. The van der Waals surface area contributed by atoms with Crippen LogP contribution >= 0.6 is 0 Å². The maximum absolute atomic E-state index is 11.0. The van der Waals surface area contributed by atoms with Crippen molar-refractivity contribution >= 4 is 0 Å². The van der Waals surface area contributed by atoms with Crippen LogP contribution in [0.1, 0.15) is 46.6 Å². The summed E-state index contributed by atoms with van der Waals surface area (Å²) in [5, 5.41) is 14.5. The minimum atomic E-state index is -0.577. The molecule has 0 aromatic heterocycles. The van der Waals surface area contributed by atoms with Gasteiger partial charge in [0.05, 0.1) is 18.6 Å². The zero-order chi connectivity index (χ0) is 21.0. The molecule has 3 rings (SSSR count). The molecule has 2 N–H and O–H groups in total. The van der Waals surface area contributed by atoms with Crippen molar-refractivity contribution in [3.05, 3.63) is 70.8 Å². The fourth-order valence-corrected chi connectivity index (χ4v) is 4.32. The Morgan fingerprint density at radius 3 is 2.41 bits per heavy atom. The summed E-state index contributed by atoms with van der Waals surface area (Å²) >= 11 is 0. The van der Waals surface area contributed by atoms with Crippen LogP contribution < -0.4 is 5.32 Å². The van der Waals surface area contributed by atoms with E-state index in [0.29, 0.717) is 25.0 Å². The number of aliphatic hydroxyl groups is 1. The largest absolute Gasteiger partial charge is 0.379 e. The summed E-state index contributed by atoms with van der Waals surface area (Å²) in [7, 11) is 0. The van der Waals surface area contributed by atoms with Crippen molar-refractivity contribution in [3.63, 3.8) is 0 Å². The van der Waals surface area contributed by atoms with E-state index < -0.39 is 6.23 Å². The van der Waals surface area contributed by atoms with E-state index in [4.69, 9.17) is 4.74 Å². The Hall–Kier alpha value is -1.68. The second kappa shape index (κ2) is 9.42. The first-order chi connectivity index (χ1) is 13.8. The fourth-order valence-electron chi connectivity index (χ4n) is 4.32. The average Bonchev–Trinajstić information content (AvgIpc) is 2.90. The minimum absolute atomic E-state index is 0.0361. The third kappa shape index (κ3) is 4.91. The maximum Gasteiger partial charge on any atom is 0.111 e. The van der Waals surface area contributed by atoms with Gasteiger partial charge >= 0.3 is 0 Å². The van der Waals surface area contributed by atoms with E-state index in [2.05, 4.69) is 82.4 Å². The molecule has 1 fully saturated rings. The summed E-state index contributed by atoms with van der Waals surface area (Å²) < 4.78 is 5.55. The normalized spacial score (nSPS) is 24.4. The van der Waals surface area contributed by atoms with E-state index in [0.717, 1.165) is 13.0 Å². The topological polar surface area (TPSA) is 41.5 Å². The van der Waals surface area contributed by atoms with Crippen molar-refractivity contribution in [1.29, 1.82) is 0 Å². The predicted molar refractivity (Wildman–Crippen MR) is 121 cm³/mol. The van der Waals surface area contributed by atoms with E-state index in [9.17, 15) is 5.11 Å². The molecule has 1 aliphatic carbocycles. The zero-order valence-corrected chi connectivity index (χ0v) is 18.6. The molecule has 2 aliphatic rings. The molecular weight excluding hydrogens is 358 g/mol. The van der Waals surface area contributed by atoms with Crippen LogP contribution in [0.15, 0.2) is 65.3 Å². The zero-order valence-electron chi connectivity index (χ0n) is 18.6. The van der Waals surface area contributed by atoms with Crippen LogP contribution in [0.2, 0.25) is 0 Å². The molecule has 1 heterocycles. The van der Waals surface area contributed by atoms with Crippen molar-refractivity contribution in [2.45, 2.75) is 52.7 Å². The van der Waals surface area contributed by atoms with Crippen molar-refractivity contribution in [2.24, 2.45) is 17.8 Å². The molecule has 1 saturated heterocycles. The molecule has 1 aliphatic heterocycles. The Bertz CT molecular complexity index is 767. The van der Waals surface area contributed by atoms with Gasteiger partial charge in [0.2, 0.25) is 0 Å². The first-order valence-electron chi connectivity index (χ1n) is 10.9. The molecule has 3 heteroatoms. The Balaban J connectivity index is 1.77. The van der Waals surface area contributed by atoms with Gasteiger partial charge in [0.25, 0.3) is 0 Å². The number of aliphatic hydroxyl groups excluding tert-OH is 1. The Labute approximate surface area is 176 Å². The predicted octanol–water partition coefficient (Wildman–Crippen LogP) is 4.99. The number of hydrogen-bond acceptors (Lipinski definition) is 3. The Morgan fingerprint density at radius 2 is 1.86 bits per heavy atom. The highest BCUT2D eigenvalue weighted by molar-refractivity contribution is 5.39. The molecule has 29 heavy (non-hydrogen) atoms. The van der Waals surface area contributed by atoms with Gasteiger partial charge in [-0.1, -0.05) is 68.0 Å². The number of allylic oxidation sites excluding steroid dienone is 5. The van der Waals surface area contributed by atoms with Gasteiger partial charge in [-0.05, 0) is 49.8 Å². The highest BCUT2D eigenvalue weighted by atomic mass is 16.5. The molecule has 1 aromatic carbocycles. The summed E-state index contributed by atoms with van der Waals surface area (Å²) in [5.41, 5.74) is 5.30. The van der Waals surface area contributed by atoms with E-state index in [-0.39, 0.29) is 11.3 Å². The lowest BCUT2D eigenvalue weighted by molar-refractivity contribution is -0.0661. The third-order valence-electron chi connectivity index (χ3n) is 6.60.